The fourth-order valence-electron chi connectivity index (χ4n) is 0.647. The maximum Gasteiger partial charge on any atom is 2.00 e. The fourth-order valence-corrected chi connectivity index (χ4v) is 0.647. The molecule has 0 amide bonds. The van der Waals surface area contributed by atoms with Gasteiger partial charge in [-0.15, -0.1) is 0 Å². The molecule has 0 aliphatic rings. The zero-order valence-electron chi connectivity index (χ0n) is 8.45. The van der Waals surface area contributed by atoms with Gasteiger partial charge in [-0.3, -0.25) is 0 Å². The van der Waals surface area contributed by atoms with Crippen LogP contribution in [0.15, 0.2) is 30.3 Å². The number of hydrogen-bond donors (Lipinski definition) is 1. The molecule has 58 valence electrons. The maximum atomic E-state index is 10.00. The Morgan fingerprint density at radius 2 is 1.92 bits per heavy atom. The van der Waals surface area contributed by atoms with E-state index in [1.807, 2.05) is 24.1 Å². The van der Waals surface area contributed by atoms with Crippen molar-refractivity contribution in [3.05, 3.63) is 35.9 Å². The Bertz CT molecular complexity index is 317. The summed E-state index contributed by atoms with van der Waals surface area (Å²) >= 11 is 0. The molecule has 0 unspecified atom stereocenters. The first-order chi connectivity index (χ1) is 5.29. The molecule has 0 spiro atoms. The van der Waals surface area contributed by atoms with E-state index in [0.717, 1.165) is 5.56 Å². The Labute approximate surface area is 104 Å². The summed E-state index contributed by atoms with van der Waals surface area (Å²) in [4.78, 5) is 10.00. The molecule has 0 saturated carbocycles. The standard InChI is InChI=1S/C9H6O2.Ca.2H/c10-9(11)7-6-8-4-2-1-3-5-8;;;/h1-5H,(H,10,11);;;/q;+2;2*-1. The van der Waals surface area contributed by atoms with Crippen molar-refractivity contribution in [3.63, 3.8) is 0 Å². The van der Waals surface area contributed by atoms with E-state index in [9.17, 15) is 4.79 Å². The molecule has 0 aromatic heterocycles. The van der Waals surface area contributed by atoms with Crippen molar-refractivity contribution in [3.8, 4) is 11.8 Å². The van der Waals surface area contributed by atoms with Crippen LogP contribution in [0, 0.1) is 11.8 Å². The number of carboxylic acids is 1. The molecule has 1 rings (SSSR count). The summed E-state index contributed by atoms with van der Waals surface area (Å²) in [6, 6.07) is 9.00. The van der Waals surface area contributed by atoms with Crippen LogP contribution in [-0.2, 0) is 4.79 Å². The van der Waals surface area contributed by atoms with Gasteiger partial charge in [0, 0.05) is 11.5 Å². The molecule has 0 radical (unpaired) electrons. The topological polar surface area (TPSA) is 37.3 Å². The monoisotopic (exact) mass is 188 g/mol. The summed E-state index contributed by atoms with van der Waals surface area (Å²) in [7, 11) is 0. The molecule has 2 nitrogen and oxygen atoms in total. The van der Waals surface area contributed by atoms with Gasteiger partial charge in [0.05, 0.1) is 0 Å². The second-order valence-corrected chi connectivity index (χ2v) is 1.92. The van der Waals surface area contributed by atoms with Gasteiger partial charge in [-0.05, 0) is 12.1 Å². The molecular weight excluding hydrogens is 180 g/mol. The Morgan fingerprint density at radius 3 is 2.42 bits per heavy atom. The fraction of sp³-hybridized carbons (Fsp3) is 0. The Morgan fingerprint density at radius 1 is 1.33 bits per heavy atom. The number of hydrogen-bond acceptors (Lipinski definition) is 1. The van der Waals surface area contributed by atoms with Crippen LogP contribution in [0.3, 0.4) is 0 Å². The van der Waals surface area contributed by atoms with E-state index < -0.39 is 5.97 Å². The van der Waals surface area contributed by atoms with E-state index in [1.54, 1.807) is 12.1 Å². The Kier molecular flexibility index (Phi) is 5.83. The maximum absolute atomic E-state index is 10.00. The molecule has 0 bridgehead atoms. The first-order valence-corrected chi connectivity index (χ1v) is 3.09. The molecule has 0 heterocycles. The molecule has 0 aliphatic heterocycles. The van der Waals surface area contributed by atoms with Gasteiger partial charge < -0.3 is 7.96 Å². The van der Waals surface area contributed by atoms with Crippen molar-refractivity contribution in [1.82, 2.24) is 0 Å². The van der Waals surface area contributed by atoms with Crippen LogP contribution in [0.1, 0.15) is 8.42 Å². The number of carboxylic acid groups (broad SMARTS) is 1. The van der Waals surface area contributed by atoms with Gasteiger partial charge >= 0.3 is 43.7 Å². The minimum absolute atomic E-state index is 0. The average molecular weight is 188 g/mol. The van der Waals surface area contributed by atoms with Gasteiger partial charge in [-0.2, -0.15) is 0 Å². The predicted molar refractivity (Wildman–Crippen MR) is 48.9 cm³/mol. The van der Waals surface area contributed by atoms with Crippen LogP contribution < -0.4 is 0 Å². The zero-order chi connectivity index (χ0) is 8.10. The minimum atomic E-state index is -1.10. The molecule has 1 N–H and O–H groups in total. The van der Waals surface area contributed by atoms with Gasteiger partial charge in [0.15, 0.2) is 0 Å². The Balaban J connectivity index is -0.000000403. The van der Waals surface area contributed by atoms with Crippen molar-refractivity contribution in [1.29, 1.82) is 0 Å². The number of benzene rings is 1. The second-order valence-electron chi connectivity index (χ2n) is 1.92. The van der Waals surface area contributed by atoms with E-state index in [1.165, 1.54) is 0 Å². The van der Waals surface area contributed by atoms with Gasteiger partial charge in [0.1, 0.15) is 0 Å². The third kappa shape index (κ3) is 4.40. The number of rotatable bonds is 0. The van der Waals surface area contributed by atoms with E-state index >= 15 is 0 Å². The quantitative estimate of drug-likeness (QED) is 0.486. The van der Waals surface area contributed by atoms with E-state index in [0.29, 0.717) is 0 Å². The summed E-state index contributed by atoms with van der Waals surface area (Å²) in [5.74, 6) is 3.42. The molecule has 0 aliphatic carbocycles. The smallest absolute Gasteiger partial charge is 1.00 e. The average Bonchev–Trinajstić information content (AvgIpc) is 2.03. The van der Waals surface area contributed by atoms with E-state index in [4.69, 9.17) is 5.11 Å². The SMILES string of the molecule is O=C(O)C#Cc1ccccc1.[Ca+2].[H-].[H-]. The van der Waals surface area contributed by atoms with Gasteiger partial charge in [0.25, 0.3) is 0 Å². The van der Waals surface area contributed by atoms with Crippen LogP contribution in [0.2, 0.25) is 0 Å². The number of carbonyl (C=O) groups is 1. The number of aliphatic carboxylic acids is 1. The second kappa shape index (κ2) is 6.07. The summed E-state index contributed by atoms with van der Waals surface area (Å²) in [5, 5.41) is 8.20. The summed E-state index contributed by atoms with van der Waals surface area (Å²) < 4.78 is 0. The normalized spacial score (nSPS) is 7.33. The van der Waals surface area contributed by atoms with Crippen molar-refractivity contribution in [2.45, 2.75) is 0 Å². The largest absolute Gasteiger partial charge is 2.00 e. The van der Waals surface area contributed by atoms with E-state index in [2.05, 4.69) is 5.92 Å². The summed E-state index contributed by atoms with van der Waals surface area (Å²) in [6.07, 6.45) is 0. The summed E-state index contributed by atoms with van der Waals surface area (Å²) in [6.45, 7) is 0. The summed E-state index contributed by atoms with van der Waals surface area (Å²) in [5.41, 5.74) is 0.718. The van der Waals surface area contributed by atoms with Crippen molar-refractivity contribution >= 4 is 43.7 Å². The molecule has 12 heavy (non-hydrogen) atoms. The third-order valence-electron chi connectivity index (χ3n) is 1.09. The molecule has 0 saturated heterocycles. The Hall–Kier alpha value is -0.490. The van der Waals surface area contributed by atoms with Gasteiger partial charge in [-0.25, -0.2) is 4.79 Å². The molecule has 1 aromatic carbocycles. The van der Waals surface area contributed by atoms with Gasteiger partial charge in [0.2, 0.25) is 0 Å². The minimum Gasteiger partial charge on any atom is -1.00 e. The van der Waals surface area contributed by atoms with Crippen LogP contribution in [-0.4, -0.2) is 48.8 Å². The van der Waals surface area contributed by atoms with Crippen LogP contribution in [0.4, 0.5) is 0 Å². The predicted octanol–water partition coefficient (Wildman–Crippen LogP) is 0.967. The molecule has 0 fully saturated rings. The third-order valence-corrected chi connectivity index (χ3v) is 1.09. The first kappa shape index (κ1) is 11.5. The van der Waals surface area contributed by atoms with Crippen molar-refractivity contribution in [2.75, 3.05) is 0 Å². The van der Waals surface area contributed by atoms with Crippen LogP contribution in [0.5, 0.6) is 0 Å². The van der Waals surface area contributed by atoms with Gasteiger partial charge in [-0.1, -0.05) is 24.1 Å². The molecule has 0 atom stereocenters. The van der Waals surface area contributed by atoms with Crippen LogP contribution >= 0.6 is 0 Å². The zero-order valence-corrected chi connectivity index (χ0v) is 8.66. The molecule has 3 heteroatoms. The van der Waals surface area contributed by atoms with Crippen LogP contribution in [0.25, 0.3) is 0 Å². The molecular formula is C9H8CaO2. The van der Waals surface area contributed by atoms with Crippen molar-refractivity contribution in [2.24, 2.45) is 0 Å². The van der Waals surface area contributed by atoms with E-state index in [-0.39, 0.29) is 40.6 Å². The first-order valence-electron chi connectivity index (χ1n) is 3.09. The van der Waals surface area contributed by atoms with Crippen molar-refractivity contribution < 1.29 is 12.8 Å². The molecule has 1 aromatic rings.